The zero-order chi connectivity index (χ0) is 35.1. The average Bonchev–Trinajstić information content (AvgIpc) is 3.05. The van der Waals surface area contributed by atoms with Gasteiger partial charge in [-0.3, -0.25) is 0 Å². The summed E-state index contributed by atoms with van der Waals surface area (Å²) < 4.78 is 37.8. The van der Waals surface area contributed by atoms with Gasteiger partial charge >= 0.3 is 5.97 Å². The van der Waals surface area contributed by atoms with Crippen molar-refractivity contribution >= 4 is 26.6 Å². The number of hydrogen-bond donors (Lipinski definition) is 7. The van der Waals surface area contributed by atoms with Crippen LogP contribution in [0.5, 0.6) is 11.5 Å². The summed E-state index contributed by atoms with van der Waals surface area (Å²) in [6.45, 7) is 8.04. The van der Waals surface area contributed by atoms with Gasteiger partial charge in [-0.05, 0) is 31.0 Å². The van der Waals surface area contributed by atoms with Crippen LogP contribution in [0.1, 0.15) is 18.9 Å². The predicted molar refractivity (Wildman–Crippen MR) is 173 cm³/mol. The lowest BCUT2D eigenvalue weighted by Crippen LogP contribution is -2.60. The maximum atomic E-state index is 12.4. The molecule has 0 aromatic heterocycles. The van der Waals surface area contributed by atoms with E-state index in [1.807, 2.05) is 0 Å². The molecule has 2 aliphatic rings. The van der Waals surface area contributed by atoms with E-state index in [0.29, 0.717) is 23.3 Å². The van der Waals surface area contributed by atoms with Crippen LogP contribution in [0, 0.1) is 5.92 Å². The average molecular weight is 705 g/mol. The van der Waals surface area contributed by atoms with Crippen molar-refractivity contribution in [2.75, 3.05) is 31.8 Å². The number of ether oxygens (including phenoxy) is 5. The van der Waals surface area contributed by atoms with Crippen molar-refractivity contribution in [2.45, 2.75) is 63.1 Å². The molecular weight excluding hydrogens is 660 g/mol. The number of aromatic hydroxyl groups is 2. The van der Waals surface area contributed by atoms with E-state index >= 15 is 0 Å². The fourth-order valence-electron chi connectivity index (χ4n) is 4.54. The van der Waals surface area contributed by atoms with Gasteiger partial charge in [-0.25, -0.2) is 9.00 Å². The molecule has 1 aromatic rings. The number of aliphatic hydroxyl groups is 5. The number of carbonyl (C=O) groups excluding carboxylic acids is 1. The molecule has 264 valence electrons. The van der Waals surface area contributed by atoms with Crippen LogP contribution in [0.3, 0.4) is 0 Å². The summed E-state index contributed by atoms with van der Waals surface area (Å²) in [6.07, 6.45) is -3.88. The quantitative estimate of drug-likeness (QED) is 0.0443. The Morgan fingerprint density at radius 3 is 2.45 bits per heavy atom. The van der Waals surface area contributed by atoms with Crippen molar-refractivity contribution in [3.63, 3.8) is 0 Å². The summed E-state index contributed by atoms with van der Waals surface area (Å²) in [4.78, 5) is 12.4. The van der Waals surface area contributed by atoms with Crippen LogP contribution in [-0.4, -0.2) is 121 Å². The van der Waals surface area contributed by atoms with E-state index in [9.17, 15) is 44.7 Å². The maximum absolute atomic E-state index is 12.4. The molecule has 1 saturated heterocycles. The highest BCUT2D eigenvalue weighted by Gasteiger charge is 2.46. The third kappa shape index (κ3) is 12.0. The first-order valence-corrected chi connectivity index (χ1v) is 17.3. The van der Waals surface area contributed by atoms with Crippen LogP contribution in [-0.2, 0) is 44.7 Å². The number of methoxy groups -OCH3 is 1. The van der Waals surface area contributed by atoms with Crippen LogP contribution in [0.15, 0.2) is 67.0 Å². The van der Waals surface area contributed by atoms with Gasteiger partial charge in [0.15, 0.2) is 24.1 Å². The number of allylic oxidation sites excluding steroid dienone is 1. The number of phenolic OH excluding ortho intramolecular Hbond substituents is 2. The number of esters is 1. The van der Waals surface area contributed by atoms with E-state index in [2.05, 4.69) is 13.2 Å². The first-order valence-electron chi connectivity index (χ1n) is 14.5. The molecular formula is C31H44O14S2. The fraction of sp³-hybridized carbons (Fsp3) is 0.516. The Balaban J connectivity index is 0.000000745. The third-order valence-corrected chi connectivity index (χ3v) is 9.73. The minimum absolute atomic E-state index is 0.0574. The van der Waals surface area contributed by atoms with Gasteiger partial charge < -0.3 is 59.4 Å². The Labute approximate surface area is 279 Å². The SMILES string of the molecule is C/C=C1/[C@H](O[C@@H]2O[C@H](CO)[C@@H](O)[C@H](O)[C@H]2O)OC=C(C(=O)OC)[C@H]1CC(O)OCCc1ccc(O)c(O)c1.C=CCSS(=O)CC=C. The Bertz CT molecular complexity index is 1250. The summed E-state index contributed by atoms with van der Waals surface area (Å²) in [5.74, 6) is -0.730. The van der Waals surface area contributed by atoms with Crippen molar-refractivity contribution < 1.29 is 68.4 Å². The monoisotopic (exact) mass is 704 g/mol. The number of carbonyl (C=O) groups is 1. The van der Waals surface area contributed by atoms with Crippen LogP contribution in [0.2, 0.25) is 0 Å². The molecule has 2 aliphatic heterocycles. The molecule has 0 spiro atoms. The number of rotatable bonds is 15. The topological polar surface area (TPSA) is 222 Å². The molecule has 0 bridgehead atoms. The van der Waals surface area contributed by atoms with Gasteiger partial charge in [0, 0.05) is 23.7 Å². The van der Waals surface area contributed by atoms with Crippen LogP contribution >= 0.6 is 10.8 Å². The minimum atomic E-state index is -1.67. The van der Waals surface area contributed by atoms with Crippen molar-refractivity contribution in [2.24, 2.45) is 5.92 Å². The molecule has 7 N–H and O–H groups in total. The molecule has 3 rings (SSSR count). The highest BCUT2D eigenvalue weighted by Crippen LogP contribution is 2.37. The molecule has 2 unspecified atom stereocenters. The van der Waals surface area contributed by atoms with Gasteiger partial charge in [-0.1, -0.05) is 35.1 Å². The molecule has 1 fully saturated rings. The van der Waals surface area contributed by atoms with Gasteiger partial charge in [0.05, 0.1) is 47.7 Å². The number of hydrogen-bond acceptors (Lipinski definition) is 15. The van der Waals surface area contributed by atoms with Gasteiger partial charge in [0.2, 0.25) is 6.29 Å². The first kappa shape index (κ1) is 40.4. The van der Waals surface area contributed by atoms with E-state index < -0.39 is 71.6 Å². The van der Waals surface area contributed by atoms with Crippen molar-refractivity contribution in [1.82, 2.24) is 0 Å². The molecule has 16 heteroatoms. The second-order valence-electron chi connectivity index (χ2n) is 10.2. The Kier molecular flexibility index (Phi) is 17.7. The molecule has 0 radical (unpaired) electrons. The molecule has 1 aromatic carbocycles. The first-order chi connectivity index (χ1) is 22.4. The standard InChI is InChI=1S/C25H34O13.C6H10OS2/c1-3-13-14(9-19(29)35-7-6-12-4-5-16(27)17(28)8-12)15(23(33)34-2)11-36-24(13)38-25-22(32)21(31)20(30)18(10-26)37-25;1-3-5-8-9(7)6-4-2/h3-5,8,11,14,18-22,24-32H,6-7,9-10H2,1-2H3;3-4H,1-2,5-6H2/b13-3+;/t14-,18+,19?,20+,21-,22+,24-,25-;/m0./s1. The lowest BCUT2D eigenvalue weighted by molar-refractivity contribution is -0.328. The molecule has 14 nitrogen and oxygen atoms in total. The van der Waals surface area contributed by atoms with E-state index in [-0.39, 0.29) is 30.1 Å². The number of benzene rings is 1. The largest absolute Gasteiger partial charge is 0.504 e. The second kappa shape index (κ2) is 20.6. The van der Waals surface area contributed by atoms with Crippen LogP contribution < -0.4 is 0 Å². The molecule has 0 amide bonds. The Morgan fingerprint density at radius 2 is 1.85 bits per heavy atom. The summed E-state index contributed by atoms with van der Waals surface area (Å²) in [5, 5.41) is 69.4. The lowest BCUT2D eigenvalue weighted by atomic mass is 9.86. The minimum Gasteiger partial charge on any atom is -0.504 e. The fourth-order valence-corrected chi connectivity index (χ4v) is 6.39. The molecule has 0 aliphatic carbocycles. The Morgan fingerprint density at radius 1 is 1.13 bits per heavy atom. The highest BCUT2D eigenvalue weighted by atomic mass is 33.1. The Hall–Kier alpha value is -2.77. The third-order valence-electron chi connectivity index (χ3n) is 6.98. The van der Waals surface area contributed by atoms with E-state index in [1.165, 1.54) is 30.0 Å². The predicted octanol–water partition coefficient (Wildman–Crippen LogP) is 0.913. The summed E-state index contributed by atoms with van der Waals surface area (Å²) in [5.41, 5.74) is 1.09. The van der Waals surface area contributed by atoms with Gasteiger partial charge in [0.25, 0.3) is 0 Å². The normalized spacial score (nSPS) is 27.8. The number of phenols is 2. The second-order valence-corrected chi connectivity index (χ2v) is 13.5. The van der Waals surface area contributed by atoms with Crippen molar-refractivity contribution in [3.05, 3.63) is 72.6 Å². The van der Waals surface area contributed by atoms with Crippen molar-refractivity contribution in [3.8, 4) is 11.5 Å². The van der Waals surface area contributed by atoms with E-state index in [0.717, 1.165) is 12.0 Å². The molecule has 0 saturated carbocycles. The zero-order valence-electron chi connectivity index (χ0n) is 26.1. The van der Waals surface area contributed by atoms with Gasteiger partial charge in [-0.15, -0.1) is 13.2 Å². The van der Waals surface area contributed by atoms with Gasteiger partial charge in [-0.2, -0.15) is 0 Å². The lowest BCUT2D eigenvalue weighted by Gasteiger charge is -2.42. The molecule has 47 heavy (non-hydrogen) atoms. The van der Waals surface area contributed by atoms with Crippen LogP contribution in [0.4, 0.5) is 0 Å². The molecule has 9 atom stereocenters. The summed E-state index contributed by atoms with van der Waals surface area (Å²) >= 11 is 0. The van der Waals surface area contributed by atoms with Gasteiger partial charge in [0.1, 0.15) is 24.4 Å². The smallest absolute Gasteiger partial charge is 0.337 e. The molecule has 2 heterocycles. The highest BCUT2D eigenvalue weighted by molar-refractivity contribution is 8.69. The van der Waals surface area contributed by atoms with E-state index in [1.54, 1.807) is 31.2 Å². The zero-order valence-corrected chi connectivity index (χ0v) is 27.8. The van der Waals surface area contributed by atoms with Crippen LogP contribution in [0.25, 0.3) is 0 Å². The maximum Gasteiger partial charge on any atom is 0.337 e. The number of aliphatic hydroxyl groups excluding tert-OH is 5. The van der Waals surface area contributed by atoms with E-state index in [4.69, 9.17) is 23.7 Å². The van der Waals surface area contributed by atoms with Crippen molar-refractivity contribution in [1.29, 1.82) is 0 Å². The summed E-state index contributed by atoms with van der Waals surface area (Å²) in [6, 6.07) is 4.31. The summed E-state index contributed by atoms with van der Waals surface area (Å²) in [7, 11) is 1.78.